The van der Waals surface area contributed by atoms with E-state index in [1.165, 1.54) is 6.07 Å². The number of phenolic OH excluding ortho intramolecular Hbond substituents is 1. The van der Waals surface area contributed by atoms with Gasteiger partial charge in [-0.15, -0.1) is 11.8 Å². The van der Waals surface area contributed by atoms with Gasteiger partial charge in [-0.3, -0.25) is 4.99 Å². The van der Waals surface area contributed by atoms with Crippen LogP contribution in [0.4, 0.5) is 10.1 Å². The fourth-order valence-corrected chi connectivity index (χ4v) is 4.68. The zero-order valence-corrected chi connectivity index (χ0v) is 15.3. The summed E-state index contributed by atoms with van der Waals surface area (Å²) >= 11 is 7.90. The summed E-state index contributed by atoms with van der Waals surface area (Å²) in [4.78, 5) is 5.81. The SMILES string of the molecule is Oc1ccc(C2=Nc3ccccc3SC(c3c(F)cccc3Cl)C2)cc1. The van der Waals surface area contributed by atoms with Crippen molar-refractivity contribution in [1.29, 1.82) is 0 Å². The van der Waals surface area contributed by atoms with E-state index in [1.54, 1.807) is 36.0 Å². The number of thioether (sulfide) groups is 1. The second-order valence-corrected chi connectivity index (χ2v) is 7.67. The first-order valence-corrected chi connectivity index (χ1v) is 9.44. The molecular weight excluding hydrogens is 369 g/mol. The molecule has 0 saturated carbocycles. The van der Waals surface area contributed by atoms with Gasteiger partial charge in [0.25, 0.3) is 0 Å². The normalized spacial score (nSPS) is 16.5. The van der Waals surface area contributed by atoms with E-state index in [4.69, 9.17) is 16.6 Å². The molecule has 5 heteroatoms. The third kappa shape index (κ3) is 3.35. The Morgan fingerprint density at radius 2 is 1.77 bits per heavy atom. The largest absolute Gasteiger partial charge is 0.508 e. The zero-order valence-electron chi connectivity index (χ0n) is 13.7. The van der Waals surface area contributed by atoms with Gasteiger partial charge in [-0.05, 0) is 54.1 Å². The van der Waals surface area contributed by atoms with Crippen LogP contribution in [0.5, 0.6) is 5.75 Å². The Morgan fingerprint density at radius 3 is 2.54 bits per heavy atom. The Kier molecular flexibility index (Phi) is 4.70. The van der Waals surface area contributed by atoms with Crippen molar-refractivity contribution in [3.63, 3.8) is 0 Å². The summed E-state index contributed by atoms with van der Waals surface area (Å²) in [5, 5.41) is 9.79. The smallest absolute Gasteiger partial charge is 0.129 e. The fourth-order valence-electron chi connectivity index (χ4n) is 3.03. The molecule has 1 N–H and O–H groups in total. The van der Waals surface area contributed by atoms with Crippen molar-refractivity contribution < 1.29 is 9.50 Å². The summed E-state index contributed by atoms with van der Waals surface area (Å²) in [6.45, 7) is 0. The third-order valence-corrected chi connectivity index (χ3v) is 5.91. The summed E-state index contributed by atoms with van der Waals surface area (Å²) in [6, 6.07) is 19.5. The van der Waals surface area contributed by atoms with E-state index in [9.17, 15) is 9.50 Å². The summed E-state index contributed by atoms with van der Waals surface area (Å²) in [5.41, 5.74) is 3.10. The van der Waals surface area contributed by atoms with E-state index < -0.39 is 0 Å². The van der Waals surface area contributed by atoms with Gasteiger partial charge in [0.1, 0.15) is 11.6 Å². The van der Waals surface area contributed by atoms with Gasteiger partial charge in [-0.1, -0.05) is 29.8 Å². The van der Waals surface area contributed by atoms with Crippen molar-refractivity contribution in [1.82, 2.24) is 0 Å². The highest BCUT2D eigenvalue weighted by atomic mass is 35.5. The van der Waals surface area contributed by atoms with Crippen LogP contribution in [0, 0.1) is 5.82 Å². The number of aromatic hydroxyl groups is 1. The Hall–Kier alpha value is -2.30. The van der Waals surface area contributed by atoms with Crippen molar-refractivity contribution >= 4 is 34.8 Å². The number of benzene rings is 3. The number of phenols is 1. The molecular formula is C21H15ClFNOS. The van der Waals surface area contributed by atoms with Crippen LogP contribution in [0.2, 0.25) is 5.02 Å². The van der Waals surface area contributed by atoms with Crippen LogP contribution in [0.15, 0.2) is 76.6 Å². The van der Waals surface area contributed by atoms with E-state index >= 15 is 0 Å². The number of aliphatic imine (C=N–C) groups is 1. The van der Waals surface area contributed by atoms with Crippen LogP contribution >= 0.6 is 23.4 Å². The average molecular weight is 384 g/mol. The minimum atomic E-state index is -0.306. The van der Waals surface area contributed by atoms with E-state index in [0.29, 0.717) is 17.0 Å². The van der Waals surface area contributed by atoms with Gasteiger partial charge >= 0.3 is 0 Å². The van der Waals surface area contributed by atoms with Crippen LogP contribution in [0.25, 0.3) is 0 Å². The summed E-state index contributed by atoms with van der Waals surface area (Å²) in [5.74, 6) is -0.106. The van der Waals surface area contributed by atoms with Crippen molar-refractivity contribution in [2.75, 3.05) is 0 Å². The molecule has 130 valence electrons. The monoisotopic (exact) mass is 383 g/mol. The number of fused-ring (bicyclic) bond motifs is 1. The number of rotatable bonds is 2. The van der Waals surface area contributed by atoms with E-state index in [0.717, 1.165) is 21.9 Å². The molecule has 0 aliphatic carbocycles. The average Bonchev–Trinajstić information content (AvgIpc) is 2.82. The maximum absolute atomic E-state index is 14.6. The first-order chi connectivity index (χ1) is 12.6. The Bertz CT molecular complexity index is 967. The first kappa shape index (κ1) is 17.1. The van der Waals surface area contributed by atoms with Gasteiger partial charge in [-0.2, -0.15) is 0 Å². The lowest BCUT2D eigenvalue weighted by atomic mass is 10.0. The number of para-hydroxylation sites is 1. The van der Waals surface area contributed by atoms with Gasteiger partial charge < -0.3 is 5.11 Å². The van der Waals surface area contributed by atoms with Gasteiger partial charge in [0.2, 0.25) is 0 Å². The number of halogens is 2. The highest BCUT2D eigenvalue weighted by Gasteiger charge is 2.26. The van der Waals surface area contributed by atoms with Gasteiger partial charge in [0.05, 0.1) is 5.69 Å². The molecule has 1 heterocycles. The molecule has 1 aliphatic heterocycles. The minimum Gasteiger partial charge on any atom is -0.508 e. The van der Waals surface area contributed by atoms with Crippen molar-refractivity contribution in [2.24, 2.45) is 4.99 Å². The molecule has 3 aromatic rings. The number of hydrogen-bond acceptors (Lipinski definition) is 3. The molecule has 1 atom stereocenters. The van der Waals surface area contributed by atoms with Crippen molar-refractivity contribution in [3.05, 3.63) is 88.7 Å². The van der Waals surface area contributed by atoms with Crippen LogP contribution in [-0.2, 0) is 0 Å². The van der Waals surface area contributed by atoms with Crippen LogP contribution < -0.4 is 0 Å². The summed E-state index contributed by atoms with van der Waals surface area (Å²) < 4.78 is 14.6. The van der Waals surface area contributed by atoms with Crippen LogP contribution in [-0.4, -0.2) is 10.8 Å². The van der Waals surface area contributed by atoms with Gasteiger partial charge in [-0.25, -0.2) is 4.39 Å². The lowest BCUT2D eigenvalue weighted by Gasteiger charge is -2.18. The number of hydrogen-bond donors (Lipinski definition) is 1. The number of nitrogens with zero attached hydrogens (tertiary/aromatic N) is 1. The molecule has 0 radical (unpaired) electrons. The highest BCUT2D eigenvalue weighted by Crippen LogP contribution is 2.47. The second-order valence-electron chi connectivity index (χ2n) is 6.02. The second kappa shape index (κ2) is 7.14. The van der Waals surface area contributed by atoms with E-state index in [2.05, 4.69) is 0 Å². The molecule has 0 bridgehead atoms. The molecule has 0 spiro atoms. The molecule has 1 aliphatic rings. The first-order valence-electron chi connectivity index (χ1n) is 8.18. The van der Waals surface area contributed by atoms with Crippen LogP contribution in [0.1, 0.15) is 22.8 Å². The van der Waals surface area contributed by atoms with Crippen molar-refractivity contribution in [3.8, 4) is 5.75 Å². The lowest BCUT2D eigenvalue weighted by molar-refractivity contribution is 0.475. The molecule has 0 amide bonds. The molecule has 26 heavy (non-hydrogen) atoms. The molecule has 4 rings (SSSR count). The fraction of sp³-hybridized carbons (Fsp3) is 0.0952. The van der Waals surface area contributed by atoms with Crippen molar-refractivity contribution in [2.45, 2.75) is 16.6 Å². The standard InChI is InChI=1S/C21H15ClFNOS/c22-15-4-3-5-16(23)21(15)20-12-18(13-8-10-14(25)11-9-13)24-17-6-1-2-7-19(17)26-20/h1-11,20,25H,12H2. The minimum absolute atomic E-state index is 0.195. The predicted molar refractivity (Wildman–Crippen MR) is 105 cm³/mol. The van der Waals surface area contributed by atoms with Gasteiger partial charge in [0, 0.05) is 32.9 Å². The predicted octanol–water partition coefficient (Wildman–Crippen LogP) is 6.54. The summed E-state index contributed by atoms with van der Waals surface area (Å²) in [6.07, 6.45) is 0.533. The molecule has 2 nitrogen and oxygen atoms in total. The quantitative estimate of drug-likeness (QED) is 0.544. The van der Waals surface area contributed by atoms with E-state index in [-0.39, 0.29) is 16.8 Å². The Morgan fingerprint density at radius 1 is 1.00 bits per heavy atom. The van der Waals surface area contributed by atoms with E-state index in [1.807, 2.05) is 36.4 Å². The molecule has 1 unspecified atom stereocenters. The maximum Gasteiger partial charge on any atom is 0.129 e. The van der Waals surface area contributed by atoms with Gasteiger partial charge in [0.15, 0.2) is 0 Å². The molecule has 0 fully saturated rings. The molecule has 3 aromatic carbocycles. The Balaban J connectivity index is 1.84. The third-order valence-electron chi connectivity index (χ3n) is 4.29. The highest BCUT2D eigenvalue weighted by molar-refractivity contribution is 7.99. The summed E-state index contributed by atoms with van der Waals surface area (Å²) in [7, 11) is 0. The lowest BCUT2D eigenvalue weighted by Crippen LogP contribution is -2.07. The molecule has 0 aromatic heterocycles. The van der Waals surface area contributed by atoms with Crippen LogP contribution in [0.3, 0.4) is 0 Å². The molecule has 0 saturated heterocycles. The Labute approximate surface area is 160 Å². The maximum atomic E-state index is 14.6. The topological polar surface area (TPSA) is 32.6 Å². The zero-order chi connectivity index (χ0) is 18.1.